The highest BCUT2D eigenvalue weighted by atomic mass is 16.3. The van der Waals surface area contributed by atoms with Crippen LogP contribution in [0.3, 0.4) is 0 Å². The fourth-order valence-electron chi connectivity index (χ4n) is 4.65. The summed E-state index contributed by atoms with van der Waals surface area (Å²) in [6, 6.07) is 28.7. The summed E-state index contributed by atoms with van der Waals surface area (Å²) in [6.07, 6.45) is 1.95. The molecule has 2 amide bonds. The van der Waals surface area contributed by atoms with E-state index in [1.165, 1.54) is 17.7 Å². The highest BCUT2D eigenvalue weighted by Gasteiger charge is 2.21. The van der Waals surface area contributed by atoms with Gasteiger partial charge < -0.3 is 16.2 Å². The molecule has 5 aromatic rings. The Morgan fingerprint density at radius 2 is 1.60 bits per heavy atom. The second-order valence-electron chi connectivity index (χ2n) is 11.2. The Morgan fingerprint density at radius 3 is 2.19 bits per heavy atom. The van der Waals surface area contributed by atoms with Crippen molar-refractivity contribution in [3.63, 3.8) is 0 Å². The maximum atomic E-state index is 13.1. The van der Waals surface area contributed by atoms with E-state index in [1.807, 2.05) is 41.1 Å². The van der Waals surface area contributed by atoms with Crippen LogP contribution in [-0.4, -0.2) is 37.7 Å². The number of benzene rings is 3. The Bertz CT molecular complexity index is 1690. The maximum Gasteiger partial charge on any atom is 0.251 e. The topological polar surface area (TPSA) is 123 Å². The maximum absolute atomic E-state index is 13.1. The summed E-state index contributed by atoms with van der Waals surface area (Å²) in [7, 11) is 0. The third kappa shape index (κ3) is 6.39. The number of nitrogens with two attached hydrogens (primary N) is 1. The van der Waals surface area contributed by atoms with Crippen molar-refractivity contribution >= 4 is 11.8 Å². The third-order valence-corrected chi connectivity index (χ3v) is 7.08. The molecule has 0 spiro atoms. The van der Waals surface area contributed by atoms with Crippen LogP contribution >= 0.6 is 0 Å². The standard InChI is InChI=1S/C34H33N5O3/c1-34(2,3)25-13-15-26(16-14-25)39-31(21-29(38-39)28-6-4-5-19-36-28)23-9-11-24(12-10-23)33(42)37-30(32(35)41)20-22-7-17-27(40)18-8-22/h4-19,21,30,40H,20H2,1-3H3,(H2,35,41)(H,37,42). The highest BCUT2D eigenvalue weighted by molar-refractivity contribution is 5.97. The molecule has 2 heterocycles. The number of phenols is 1. The molecule has 4 N–H and O–H groups in total. The monoisotopic (exact) mass is 559 g/mol. The zero-order valence-corrected chi connectivity index (χ0v) is 23.8. The summed E-state index contributed by atoms with van der Waals surface area (Å²) in [5, 5.41) is 17.1. The Labute approximate surface area is 244 Å². The van der Waals surface area contributed by atoms with Crippen molar-refractivity contribution in [1.29, 1.82) is 0 Å². The minimum absolute atomic E-state index is 0.0264. The molecule has 0 radical (unpaired) electrons. The molecule has 0 aliphatic heterocycles. The van der Waals surface area contributed by atoms with Crippen LogP contribution in [0.2, 0.25) is 0 Å². The van der Waals surface area contributed by atoms with Gasteiger partial charge in [0.05, 0.1) is 17.1 Å². The highest BCUT2D eigenvalue weighted by Crippen LogP contribution is 2.30. The van der Waals surface area contributed by atoms with Crippen LogP contribution in [-0.2, 0) is 16.6 Å². The molecule has 0 bridgehead atoms. The number of pyridine rings is 1. The van der Waals surface area contributed by atoms with Crippen LogP contribution in [0.1, 0.15) is 42.3 Å². The second kappa shape index (κ2) is 11.7. The van der Waals surface area contributed by atoms with Gasteiger partial charge in [0.25, 0.3) is 5.91 Å². The lowest BCUT2D eigenvalue weighted by atomic mass is 9.87. The van der Waals surface area contributed by atoms with E-state index in [4.69, 9.17) is 10.8 Å². The van der Waals surface area contributed by atoms with Crippen molar-refractivity contribution in [3.05, 3.63) is 120 Å². The number of carbonyl (C=O) groups excluding carboxylic acids is 2. The number of nitrogens with zero attached hydrogens (tertiary/aromatic N) is 3. The molecule has 0 aliphatic rings. The number of hydrogen-bond acceptors (Lipinski definition) is 5. The summed E-state index contributed by atoms with van der Waals surface area (Å²) >= 11 is 0. The number of hydrogen-bond donors (Lipinski definition) is 3. The minimum atomic E-state index is -0.903. The van der Waals surface area contributed by atoms with Gasteiger partial charge in [0.15, 0.2) is 0 Å². The number of carbonyl (C=O) groups is 2. The molecule has 3 aromatic carbocycles. The van der Waals surface area contributed by atoms with Crippen LogP contribution in [0.4, 0.5) is 0 Å². The first-order valence-corrected chi connectivity index (χ1v) is 13.7. The molecule has 1 atom stereocenters. The average molecular weight is 560 g/mol. The number of aromatic hydroxyl groups is 1. The summed E-state index contributed by atoms with van der Waals surface area (Å²) in [6.45, 7) is 6.53. The van der Waals surface area contributed by atoms with Crippen molar-refractivity contribution in [2.24, 2.45) is 5.73 Å². The lowest BCUT2D eigenvalue weighted by molar-refractivity contribution is -0.119. The quantitative estimate of drug-likeness (QED) is 0.234. The van der Waals surface area contributed by atoms with E-state index < -0.39 is 17.9 Å². The fourth-order valence-corrected chi connectivity index (χ4v) is 4.65. The van der Waals surface area contributed by atoms with E-state index in [0.29, 0.717) is 5.56 Å². The molecule has 5 rings (SSSR count). The van der Waals surface area contributed by atoms with Gasteiger partial charge in [-0.3, -0.25) is 14.6 Å². The van der Waals surface area contributed by atoms with E-state index in [-0.39, 0.29) is 17.6 Å². The number of amides is 2. The summed E-state index contributed by atoms with van der Waals surface area (Å²) < 4.78 is 1.88. The van der Waals surface area contributed by atoms with Crippen LogP contribution in [0.5, 0.6) is 5.75 Å². The van der Waals surface area contributed by atoms with Crippen molar-refractivity contribution in [1.82, 2.24) is 20.1 Å². The Hall–Kier alpha value is -5.24. The van der Waals surface area contributed by atoms with Crippen LogP contribution in [0, 0.1) is 0 Å². The van der Waals surface area contributed by atoms with Gasteiger partial charge in [0.1, 0.15) is 17.5 Å². The molecule has 0 aliphatic carbocycles. The predicted molar refractivity (Wildman–Crippen MR) is 163 cm³/mol. The third-order valence-electron chi connectivity index (χ3n) is 7.08. The largest absolute Gasteiger partial charge is 0.508 e. The fraction of sp³-hybridized carbons (Fsp3) is 0.176. The van der Waals surface area contributed by atoms with Crippen molar-refractivity contribution in [3.8, 4) is 34.1 Å². The molecule has 0 fully saturated rings. The van der Waals surface area contributed by atoms with Gasteiger partial charge in [-0.25, -0.2) is 4.68 Å². The normalized spacial score (nSPS) is 12.1. The summed E-state index contributed by atoms with van der Waals surface area (Å²) in [5.74, 6) is -0.935. The number of primary amides is 1. The first kappa shape index (κ1) is 28.3. The number of nitrogens with one attached hydrogen (secondary N) is 1. The first-order valence-electron chi connectivity index (χ1n) is 13.7. The van der Waals surface area contributed by atoms with Gasteiger partial charge in [-0.2, -0.15) is 5.10 Å². The van der Waals surface area contributed by atoms with E-state index in [9.17, 15) is 14.7 Å². The minimum Gasteiger partial charge on any atom is -0.508 e. The van der Waals surface area contributed by atoms with E-state index in [2.05, 4.69) is 55.3 Å². The molecule has 212 valence electrons. The first-order chi connectivity index (χ1) is 20.1. The van der Waals surface area contributed by atoms with Crippen molar-refractivity contribution in [2.45, 2.75) is 38.6 Å². The lowest BCUT2D eigenvalue weighted by Gasteiger charge is -2.19. The number of aromatic nitrogens is 3. The summed E-state index contributed by atoms with van der Waals surface area (Å²) in [5.41, 5.74) is 12.1. The average Bonchev–Trinajstić information content (AvgIpc) is 3.44. The Morgan fingerprint density at radius 1 is 0.905 bits per heavy atom. The van der Waals surface area contributed by atoms with E-state index >= 15 is 0 Å². The Balaban J connectivity index is 1.42. The van der Waals surface area contributed by atoms with Crippen molar-refractivity contribution < 1.29 is 14.7 Å². The van der Waals surface area contributed by atoms with Gasteiger partial charge in [0, 0.05) is 23.7 Å². The molecule has 1 unspecified atom stereocenters. The lowest BCUT2D eigenvalue weighted by Crippen LogP contribution is -2.45. The van der Waals surface area contributed by atoms with Crippen molar-refractivity contribution in [2.75, 3.05) is 0 Å². The van der Waals surface area contributed by atoms with Crippen LogP contribution in [0.15, 0.2) is 103 Å². The zero-order valence-electron chi connectivity index (χ0n) is 23.8. The smallest absolute Gasteiger partial charge is 0.251 e. The van der Waals surface area contributed by atoms with Crippen LogP contribution < -0.4 is 11.1 Å². The molecule has 8 nitrogen and oxygen atoms in total. The molecule has 2 aromatic heterocycles. The van der Waals surface area contributed by atoms with Gasteiger partial charge >= 0.3 is 0 Å². The van der Waals surface area contributed by atoms with Gasteiger partial charge in [-0.15, -0.1) is 0 Å². The molecule has 0 saturated carbocycles. The Kier molecular flexibility index (Phi) is 7.88. The second-order valence-corrected chi connectivity index (χ2v) is 11.2. The number of phenolic OH excluding ortho intramolecular Hbond substituents is 1. The van der Waals surface area contributed by atoms with Crippen LogP contribution in [0.25, 0.3) is 28.3 Å². The zero-order chi connectivity index (χ0) is 29.9. The van der Waals surface area contributed by atoms with E-state index in [0.717, 1.165) is 33.9 Å². The summed E-state index contributed by atoms with van der Waals surface area (Å²) in [4.78, 5) is 29.6. The SMILES string of the molecule is CC(C)(C)c1ccc(-n2nc(-c3ccccn3)cc2-c2ccc(C(=O)NC(Cc3ccc(O)cc3)C(N)=O)cc2)cc1. The van der Waals surface area contributed by atoms with E-state index in [1.54, 1.807) is 30.5 Å². The number of rotatable bonds is 8. The molecular weight excluding hydrogens is 526 g/mol. The van der Waals surface area contributed by atoms with Gasteiger partial charge in [-0.05, 0) is 71.1 Å². The molecule has 0 saturated heterocycles. The predicted octanol–water partition coefficient (Wildman–Crippen LogP) is 5.43. The molecule has 8 heteroatoms. The molecule has 42 heavy (non-hydrogen) atoms. The van der Waals surface area contributed by atoms with Gasteiger partial charge in [0.2, 0.25) is 5.91 Å². The van der Waals surface area contributed by atoms with Gasteiger partial charge in [-0.1, -0.05) is 63.2 Å². The molecular formula is C34H33N5O3.